The van der Waals surface area contributed by atoms with Crippen molar-refractivity contribution in [3.05, 3.63) is 53.0 Å². The summed E-state index contributed by atoms with van der Waals surface area (Å²) in [5.41, 5.74) is 2.25. The lowest BCUT2D eigenvalue weighted by Crippen LogP contribution is -2.51. The largest absolute Gasteiger partial charge is 0.485 e. The van der Waals surface area contributed by atoms with Crippen LogP contribution in [0.4, 0.5) is 0 Å². The average molecular weight is 354 g/mol. The summed E-state index contributed by atoms with van der Waals surface area (Å²) in [6.45, 7) is 8.13. The third-order valence-electron chi connectivity index (χ3n) is 5.46. The number of aryl methyl sites for hydroxylation is 2. The molecule has 2 aromatic rings. The second-order valence-corrected chi connectivity index (χ2v) is 7.41. The van der Waals surface area contributed by atoms with E-state index >= 15 is 0 Å². The van der Waals surface area contributed by atoms with Crippen LogP contribution in [-0.4, -0.2) is 47.9 Å². The number of piperazine rings is 1. The molecule has 5 nitrogen and oxygen atoms in total. The molecule has 2 aliphatic heterocycles. The van der Waals surface area contributed by atoms with E-state index < -0.39 is 0 Å². The zero-order valence-electron chi connectivity index (χ0n) is 15.5. The van der Waals surface area contributed by atoms with Crippen LogP contribution in [0.3, 0.4) is 0 Å². The molecular weight excluding hydrogens is 328 g/mol. The first kappa shape index (κ1) is 17.2. The number of carbonyl (C=O) groups is 1. The predicted octanol–water partition coefficient (Wildman–Crippen LogP) is 3.40. The summed E-state index contributed by atoms with van der Waals surface area (Å²) in [6, 6.07) is 10.3. The fraction of sp³-hybridized carbons (Fsp3) is 0.476. The van der Waals surface area contributed by atoms with Crippen molar-refractivity contribution in [2.24, 2.45) is 0 Å². The SMILES string of the molecule is Cc1ccc(C)c(OCc2ccc(C(=O)N3CCN4CCC[C@@H]4C3)o2)c1. The molecule has 1 aromatic carbocycles. The van der Waals surface area contributed by atoms with E-state index in [2.05, 4.69) is 11.0 Å². The van der Waals surface area contributed by atoms with Crippen LogP contribution in [0.15, 0.2) is 34.7 Å². The summed E-state index contributed by atoms with van der Waals surface area (Å²) in [4.78, 5) is 17.2. The Morgan fingerprint density at radius 1 is 1.19 bits per heavy atom. The summed E-state index contributed by atoms with van der Waals surface area (Å²) >= 11 is 0. The third kappa shape index (κ3) is 3.49. The smallest absolute Gasteiger partial charge is 0.289 e. The molecule has 0 radical (unpaired) electrons. The van der Waals surface area contributed by atoms with Gasteiger partial charge >= 0.3 is 0 Å². The minimum Gasteiger partial charge on any atom is -0.485 e. The Bertz CT molecular complexity index is 798. The van der Waals surface area contributed by atoms with E-state index in [0.717, 1.165) is 36.5 Å². The van der Waals surface area contributed by atoms with Crippen LogP contribution in [0.25, 0.3) is 0 Å². The maximum atomic E-state index is 12.7. The number of nitrogens with zero attached hydrogens (tertiary/aromatic N) is 2. The van der Waals surface area contributed by atoms with Crippen molar-refractivity contribution < 1.29 is 13.9 Å². The highest BCUT2D eigenvalue weighted by Gasteiger charge is 2.33. The molecule has 26 heavy (non-hydrogen) atoms. The normalized spacial score (nSPS) is 20.2. The molecule has 0 spiro atoms. The average Bonchev–Trinajstić information content (AvgIpc) is 3.30. The molecule has 0 N–H and O–H groups in total. The van der Waals surface area contributed by atoms with Crippen LogP contribution < -0.4 is 4.74 Å². The molecule has 5 heteroatoms. The molecule has 3 heterocycles. The second kappa shape index (κ2) is 7.16. The predicted molar refractivity (Wildman–Crippen MR) is 99.5 cm³/mol. The lowest BCUT2D eigenvalue weighted by atomic mass is 10.1. The van der Waals surface area contributed by atoms with Gasteiger partial charge in [-0.2, -0.15) is 0 Å². The van der Waals surface area contributed by atoms with Crippen molar-refractivity contribution in [1.29, 1.82) is 0 Å². The van der Waals surface area contributed by atoms with Crippen LogP contribution in [0.5, 0.6) is 5.75 Å². The fourth-order valence-electron chi connectivity index (χ4n) is 3.91. The van der Waals surface area contributed by atoms with Crippen LogP contribution >= 0.6 is 0 Å². The van der Waals surface area contributed by atoms with Gasteiger partial charge in [-0.1, -0.05) is 12.1 Å². The van der Waals surface area contributed by atoms with Crippen LogP contribution in [0.1, 0.15) is 40.3 Å². The Kier molecular flexibility index (Phi) is 4.72. The third-order valence-corrected chi connectivity index (χ3v) is 5.46. The van der Waals surface area contributed by atoms with Crippen molar-refractivity contribution in [2.45, 2.75) is 39.3 Å². The molecule has 2 saturated heterocycles. The van der Waals surface area contributed by atoms with Gasteiger partial charge in [-0.05, 0) is 62.6 Å². The van der Waals surface area contributed by atoms with Crippen LogP contribution in [0.2, 0.25) is 0 Å². The first-order chi connectivity index (χ1) is 12.6. The molecule has 1 atom stereocenters. The van der Waals surface area contributed by atoms with Crippen molar-refractivity contribution in [1.82, 2.24) is 9.80 Å². The van der Waals surface area contributed by atoms with E-state index in [0.29, 0.717) is 24.2 Å². The number of rotatable bonds is 4. The molecule has 2 aliphatic rings. The van der Waals surface area contributed by atoms with Gasteiger partial charge in [-0.3, -0.25) is 9.69 Å². The van der Waals surface area contributed by atoms with E-state index in [1.54, 1.807) is 6.07 Å². The summed E-state index contributed by atoms with van der Waals surface area (Å²) in [6.07, 6.45) is 2.43. The quantitative estimate of drug-likeness (QED) is 0.844. The van der Waals surface area contributed by atoms with E-state index in [-0.39, 0.29) is 5.91 Å². The number of ether oxygens (including phenoxy) is 1. The van der Waals surface area contributed by atoms with E-state index in [1.165, 1.54) is 19.4 Å². The van der Waals surface area contributed by atoms with Gasteiger partial charge in [0.05, 0.1) is 0 Å². The summed E-state index contributed by atoms with van der Waals surface area (Å²) < 4.78 is 11.6. The number of carbonyl (C=O) groups excluding carboxylic acids is 1. The zero-order chi connectivity index (χ0) is 18.1. The topological polar surface area (TPSA) is 45.9 Å². The molecule has 0 saturated carbocycles. The maximum absolute atomic E-state index is 12.7. The molecule has 138 valence electrons. The van der Waals surface area contributed by atoms with Crippen molar-refractivity contribution in [2.75, 3.05) is 26.2 Å². The first-order valence-electron chi connectivity index (χ1n) is 9.42. The minimum atomic E-state index is -0.00506. The molecule has 1 amide bonds. The van der Waals surface area contributed by atoms with Gasteiger partial charge in [0.2, 0.25) is 0 Å². The number of benzene rings is 1. The lowest BCUT2D eigenvalue weighted by Gasteiger charge is -2.37. The van der Waals surface area contributed by atoms with Crippen molar-refractivity contribution in [3.63, 3.8) is 0 Å². The second-order valence-electron chi connectivity index (χ2n) is 7.41. The molecular formula is C21H26N2O3. The van der Waals surface area contributed by atoms with Gasteiger partial charge in [-0.15, -0.1) is 0 Å². The van der Waals surface area contributed by atoms with Crippen molar-refractivity contribution in [3.8, 4) is 5.75 Å². The van der Waals surface area contributed by atoms with E-state index in [9.17, 15) is 4.79 Å². The number of hydrogen-bond acceptors (Lipinski definition) is 4. The highest BCUT2D eigenvalue weighted by atomic mass is 16.5. The first-order valence-corrected chi connectivity index (χ1v) is 9.42. The number of fused-ring (bicyclic) bond motifs is 1. The summed E-state index contributed by atoms with van der Waals surface area (Å²) in [7, 11) is 0. The Morgan fingerprint density at radius 2 is 2.08 bits per heavy atom. The van der Waals surface area contributed by atoms with E-state index in [4.69, 9.17) is 9.15 Å². The van der Waals surface area contributed by atoms with Crippen molar-refractivity contribution >= 4 is 5.91 Å². The summed E-state index contributed by atoms with van der Waals surface area (Å²) in [5.74, 6) is 1.94. The maximum Gasteiger partial charge on any atom is 0.289 e. The minimum absolute atomic E-state index is 0.00506. The Hall–Kier alpha value is -2.27. The fourth-order valence-corrected chi connectivity index (χ4v) is 3.91. The molecule has 0 bridgehead atoms. The van der Waals surface area contributed by atoms with Gasteiger partial charge in [-0.25, -0.2) is 0 Å². The number of amides is 1. The number of furan rings is 1. The van der Waals surface area contributed by atoms with Crippen LogP contribution in [-0.2, 0) is 6.61 Å². The van der Waals surface area contributed by atoms with Gasteiger partial charge in [0.1, 0.15) is 18.1 Å². The molecule has 2 fully saturated rings. The number of hydrogen-bond donors (Lipinski definition) is 0. The molecule has 1 aromatic heterocycles. The highest BCUT2D eigenvalue weighted by molar-refractivity contribution is 5.91. The van der Waals surface area contributed by atoms with Gasteiger partial charge in [0, 0.05) is 25.7 Å². The van der Waals surface area contributed by atoms with E-state index in [1.807, 2.05) is 36.9 Å². The Morgan fingerprint density at radius 3 is 2.96 bits per heavy atom. The molecule has 0 aliphatic carbocycles. The molecule has 4 rings (SSSR count). The zero-order valence-corrected chi connectivity index (χ0v) is 15.5. The molecule has 0 unspecified atom stereocenters. The van der Waals surface area contributed by atoms with Gasteiger partial charge in [0.15, 0.2) is 5.76 Å². The highest BCUT2D eigenvalue weighted by Crippen LogP contribution is 2.24. The monoisotopic (exact) mass is 354 g/mol. The Labute approximate surface area is 154 Å². The van der Waals surface area contributed by atoms with Gasteiger partial charge < -0.3 is 14.1 Å². The lowest BCUT2D eigenvalue weighted by molar-refractivity contribution is 0.0538. The Balaban J connectivity index is 1.38. The standard InChI is InChI=1S/C21H26N2O3/c1-15-5-6-16(2)20(12-15)25-14-18-7-8-19(26-18)21(24)23-11-10-22-9-3-4-17(22)13-23/h5-8,12,17H,3-4,9-11,13-14H2,1-2H3/t17-/m1/s1. The van der Waals surface area contributed by atoms with Crippen LogP contribution in [0, 0.1) is 13.8 Å². The van der Waals surface area contributed by atoms with Gasteiger partial charge in [0.25, 0.3) is 5.91 Å². The summed E-state index contributed by atoms with van der Waals surface area (Å²) in [5, 5.41) is 0.